The Bertz CT molecular complexity index is 218. The van der Waals surface area contributed by atoms with Crippen LogP contribution < -0.4 is 0 Å². The van der Waals surface area contributed by atoms with Crippen LogP contribution in [0.5, 0.6) is 0 Å². The lowest BCUT2D eigenvalue weighted by molar-refractivity contribution is 0.101. The van der Waals surface area contributed by atoms with Crippen molar-refractivity contribution in [3.8, 4) is 0 Å². The first kappa shape index (κ1) is 10.3. The van der Waals surface area contributed by atoms with Crippen molar-refractivity contribution >= 4 is 0 Å². The highest BCUT2D eigenvalue weighted by Gasteiger charge is 2.12. The van der Waals surface area contributed by atoms with E-state index in [0.29, 0.717) is 18.9 Å². The van der Waals surface area contributed by atoms with Crippen LogP contribution in [0.1, 0.15) is 25.0 Å². The topological polar surface area (TPSA) is 42.6 Å². The van der Waals surface area contributed by atoms with Gasteiger partial charge in [-0.2, -0.15) is 0 Å². The molecular formula is C10H16O3. The summed E-state index contributed by atoms with van der Waals surface area (Å²) in [5.41, 5.74) is 0.836. The molecule has 3 nitrogen and oxygen atoms in total. The maximum atomic E-state index is 9.69. The van der Waals surface area contributed by atoms with E-state index in [9.17, 15) is 5.11 Å². The SMILES string of the molecule is COCC(C)CC(O)c1ccoc1. The van der Waals surface area contributed by atoms with E-state index < -0.39 is 6.10 Å². The van der Waals surface area contributed by atoms with Gasteiger partial charge in [0.15, 0.2) is 0 Å². The summed E-state index contributed by atoms with van der Waals surface area (Å²) in [5.74, 6) is 0.356. The summed E-state index contributed by atoms with van der Waals surface area (Å²) in [6.45, 7) is 2.72. The van der Waals surface area contributed by atoms with Gasteiger partial charge in [0.25, 0.3) is 0 Å². The van der Waals surface area contributed by atoms with Crippen molar-refractivity contribution in [1.82, 2.24) is 0 Å². The molecule has 74 valence electrons. The molecule has 1 N–H and O–H groups in total. The highest BCUT2D eigenvalue weighted by atomic mass is 16.5. The number of methoxy groups -OCH3 is 1. The van der Waals surface area contributed by atoms with Gasteiger partial charge in [-0.3, -0.25) is 0 Å². The number of hydrogen-bond donors (Lipinski definition) is 1. The molecule has 2 unspecified atom stereocenters. The fourth-order valence-electron chi connectivity index (χ4n) is 1.33. The molecule has 0 spiro atoms. The maximum absolute atomic E-state index is 9.69. The Balaban J connectivity index is 2.37. The summed E-state index contributed by atoms with van der Waals surface area (Å²) < 4.78 is 9.87. The van der Waals surface area contributed by atoms with Crippen LogP contribution in [-0.2, 0) is 4.74 Å². The minimum atomic E-state index is -0.441. The van der Waals surface area contributed by atoms with E-state index in [0.717, 1.165) is 5.56 Å². The van der Waals surface area contributed by atoms with E-state index in [1.807, 2.05) is 6.92 Å². The fourth-order valence-corrected chi connectivity index (χ4v) is 1.33. The van der Waals surface area contributed by atoms with Gasteiger partial charge in [0, 0.05) is 19.3 Å². The zero-order valence-electron chi connectivity index (χ0n) is 8.06. The molecule has 0 radical (unpaired) electrons. The first-order chi connectivity index (χ1) is 6.24. The summed E-state index contributed by atoms with van der Waals surface area (Å²) in [6.07, 6.45) is 3.40. The molecule has 0 bridgehead atoms. The van der Waals surface area contributed by atoms with Crippen LogP contribution in [0.4, 0.5) is 0 Å². The summed E-state index contributed by atoms with van der Waals surface area (Å²) in [6, 6.07) is 1.78. The predicted molar refractivity (Wildman–Crippen MR) is 49.3 cm³/mol. The maximum Gasteiger partial charge on any atom is 0.0960 e. The van der Waals surface area contributed by atoms with Crippen molar-refractivity contribution in [2.75, 3.05) is 13.7 Å². The lowest BCUT2D eigenvalue weighted by Crippen LogP contribution is -2.08. The lowest BCUT2D eigenvalue weighted by atomic mass is 10.0. The van der Waals surface area contributed by atoms with E-state index in [1.54, 1.807) is 25.7 Å². The van der Waals surface area contributed by atoms with E-state index in [-0.39, 0.29) is 0 Å². The molecule has 3 heteroatoms. The minimum absolute atomic E-state index is 0.356. The average molecular weight is 184 g/mol. The first-order valence-electron chi connectivity index (χ1n) is 4.43. The molecule has 0 aliphatic rings. The van der Waals surface area contributed by atoms with Gasteiger partial charge in [0.05, 0.1) is 18.6 Å². The normalized spacial score (nSPS) is 15.6. The van der Waals surface area contributed by atoms with Crippen LogP contribution in [0.15, 0.2) is 23.0 Å². The number of aliphatic hydroxyl groups is 1. The van der Waals surface area contributed by atoms with Gasteiger partial charge in [0.1, 0.15) is 0 Å². The van der Waals surface area contributed by atoms with Crippen LogP contribution in [0.25, 0.3) is 0 Å². The van der Waals surface area contributed by atoms with Crippen LogP contribution in [0.2, 0.25) is 0 Å². The monoisotopic (exact) mass is 184 g/mol. The largest absolute Gasteiger partial charge is 0.472 e. The summed E-state index contributed by atoms with van der Waals surface area (Å²) in [5, 5.41) is 9.69. The van der Waals surface area contributed by atoms with E-state index in [4.69, 9.17) is 9.15 Å². The Morgan fingerprint density at radius 2 is 2.38 bits per heavy atom. The third-order valence-electron chi connectivity index (χ3n) is 2.00. The van der Waals surface area contributed by atoms with Crippen molar-refractivity contribution in [2.24, 2.45) is 5.92 Å². The lowest BCUT2D eigenvalue weighted by Gasteiger charge is -2.13. The average Bonchev–Trinajstić information content (AvgIpc) is 2.55. The highest BCUT2D eigenvalue weighted by molar-refractivity contribution is 5.08. The second-order valence-corrected chi connectivity index (χ2v) is 3.37. The van der Waals surface area contributed by atoms with E-state index in [2.05, 4.69) is 0 Å². The van der Waals surface area contributed by atoms with Gasteiger partial charge in [-0.25, -0.2) is 0 Å². The standard InChI is InChI=1S/C10H16O3/c1-8(6-12-2)5-10(11)9-3-4-13-7-9/h3-4,7-8,10-11H,5-6H2,1-2H3. The number of aliphatic hydroxyl groups excluding tert-OH is 1. The van der Waals surface area contributed by atoms with Crippen LogP contribution in [-0.4, -0.2) is 18.8 Å². The molecule has 0 fully saturated rings. The van der Waals surface area contributed by atoms with Crippen molar-refractivity contribution < 1.29 is 14.3 Å². The van der Waals surface area contributed by atoms with Crippen molar-refractivity contribution in [2.45, 2.75) is 19.4 Å². The third-order valence-corrected chi connectivity index (χ3v) is 2.00. The van der Waals surface area contributed by atoms with Gasteiger partial charge in [-0.15, -0.1) is 0 Å². The van der Waals surface area contributed by atoms with E-state index >= 15 is 0 Å². The molecule has 1 aromatic rings. The molecule has 0 aromatic carbocycles. The van der Waals surface area contributed by atoms with Crippen molar-refractivity contribution in [3.05, 3.63) is 24.2 Å². The molecule has 0 aliphatic carbocycles. The van der Waals surface area contributed by atoms with Gasteiger partial charge in [-0.05, 0) is 18.4 Å². The number of hydrogen-bond acceptors (Lipinski definition) is 3. The molecule has 1 rings (SSSR count). The second-order valence-electron chi connectivity index (χ2n) is 3.37. The Morgan fingerprint density at radius 3 is 2.92 bits per heavy atom. The molecule has 2 atom stereocenters. The molecular weight excluding hydrogens is 168 g/mol. The zero-order valence-corrected chi connectivity index (χ0v) is 8.06. The zero-order chi connectivity index (χ0) is 9.68. The summed E-state index contributed by atoms with van der Waals surface area (Å²) >= 11 is 0. The second kappa shape index (κ2) is 5.04. The highest BCUT2D eigenvalue weighted by Crippen LogP contribution is 2.21. The Morgan fingerprint density at radius 1 is 1.62 bits per heavy atom. The number of furan rings is 1. The molecule has 0 aliphatic heterocycles. The minimum Gasteiger partial charge on any atom is -0.472 e. The smallest absolute Gasteiger partial charge is 0.0960 e. The first-order valence-corrected chi connectivity index (χ1v) is 4.43. The molecule has 0 saturated carbocycles. The van der Waals surface area contributed by atoms with Crippen LogP contribution in [0, 0.1) is 5.92 Å². The van der Waals surface area contributed by atoms with Crippen molar-refractivity contribution in [1.29, 1.82) is 0 Å². The van der Waals surface area contributed by atoms with Gasteiger partial charge < -0.3 is 14.3 Å². The Kier molecular flexibility index (Phi) is 3.99. The van der Waals surface area contributed by atoms with Crippen LogP contribution >= 0.6 is 0 Å². The molecule has 13 heavy (non-hydrogen) atoms. The quantitative estimate of drug-likeness (QED) is 0.760. The Hall–Kier alpha value is -0.800. The molecule has 0 saturated heterocycles. The number of rotatable bonds is 5. The van der Waals surface area contributed by atoms with Gasteiger partial charge >= 0.3 is 0 Å². The molecule has 1 aromatic heterocycles. The third kappa shape index (κ3) is 3.20. The number of ether oxygens (including phenoxy) is 1. The fraction of sp³-hybridized carbons (Fsp3) is 0.600. The predicted octanol–water partition coefficient (Wildman–Crippen LogP) is 1.99. The van der Waals surface area contributed by atoms with E-state index in [1.165, 1.54) is 0 Å². The summed E-state index contributed by atoms with van der Waals surface area (Å²) in [7, 11) is 1.67. The molecule has 1 heterocycles. The summed E-state index contributed by atoms with van der Waals surface area (Å²) in [4.78, 5) is 0. The van der Waals surface area contributed by atoms with Crippen LogP contribution in [0.3, 0.4) is 0 Å². The van der Waals surface area contributed by atoms with Crippen molar-refractivity contribution in [3.63, 3.8) is 0 Å². The van der Waals surface area contributed by atoms with Gasteiger partial charge in [-0.1, -0.05) is 6.92 Å². The molecule has 0 amide bonds. The Labute approximate surface area is 78.3 Å². The van der Waals surface area contributed by atoms with Gasteiger partial charge in [0.2, 0.25) is 0 Å².